The van der Waals surface area contributed by atoms with Gasteiger partial charge in [-0.15, -0.1) is 0 Å². The molecular weight excluding hydrogens is 216 g/mol. The molecule has 0 radical (unpaired) electrons. The molecule has 88 valence electrons. The van der Waals surface area contributed by atoms with Crippen LogP contribution in [-0.4, -0.2) is 15.3 Å². The molecule has 0 atom stereocenters. The van der Waals surface area contributed by atoms with E-state index in [1.54, 1.807) is 30.3 Å². The van der Waals surface area contributed by atoms with Crippen molar-refractivity contribution in [3.63, 3.8) is 0 Å². The van der Waals surface area contributed by atoms with Gasteiger partial charge in [0.2, 0.25) is 0 Å². The lowest BCUT2D eigenvalue weighted by atomic mass is 9.95. The summed E-state index contributed by atoms with van der Waals surface area (Å²) in [6, 6.07) is 12.3. The van der Waals surface area contributed by atoms with Gasteiger partial charge < -0.3 is 15.3 Å². The van der Waals surface area contributed by atoms with Crippen LogP contribution in [0.4, 0.5) is 0 Å². The second-order valence-electron chi connectivity index (χ2n) is 3.78. The lowest BCUT2D eigenvalue weighted by Crippen LogP contribution is -1.97. The molecule has 0 saturated heterocycles. The highest BCUT2D eigenvalue weighted by Gasteiger charge is 2.11. The number of phenolic OH excluding ortho intramolecular Hbond substituents is 1. The van der Waals surface area contributed by atoms with Crippen molar-refractivity contribution in [3.05, 3.63) is 53.6 Å². The average molecular weight is 230 g/mol. The van der Waals surface area contributed by atoms with Crippen LogP contribution in [0.2, 0.25) is 0 Å². The molecular formula is C14H14O3. The number of phenols is 1. The first kappa shape index (κ1) is 11.6. The van der Waals surface area contributed by atoms with E-state index in [2.05, 4.69) is 0 Å². The number of hydrogen-bond donors (Lipinski definition) is 3. The molecule has 0 bridgehead atoms. The SMILES string of the molecule is OCc1cccc(-c2ccccc2O)c1CO. The minimum Gasteiger partial charge on any atom is -0.507 e. The quantitative estimate of drug-likeness (QED) is 0.756. The number of aliphatic hydroxyl groups excluding tert-OH is 2. The summed E-state index contributed by atoms with van der Waals surface area (Å²) in [5, 5.41) is 28.4. The van der Waals surface area contributed by atoms with E-state index >= 15 is 0 Å². The maximum atomic E-state index is 9.80. The van der Waals surface area contributed by atoms with E-state index in [0.717, 1.165) is 5.56 Å². The Morgan fingerprint density at radius 1 is 0.765 bits per heavy atom. The van der Waals surface area contributed by atoms with Gasteiger partial charge in [0, 0.05) is 5.56 Å². The van der Waals surface area contributed by atoms with Crippen LogP contribution in [0, 0.1) is 0 Å². The summed E-state index contributed by atoms with van der Waals surface area (Å²) in [5.74, 6) is 0.164. The van der Waals surface area contributed by atoms with Crippen molar-refractivity contribution in [1.29, 1.82) is 0 Å². The molecule has 0 aliphatic heterocycles. The monoisotopic (exact) mass is 230 g/mol. The standard InChI is InChI=1S/C14H14O3/c15-8-10-4-3-6-11(13(10)9-16)12-5-1-2-7-14(12)17/h1-7,15-17H,8-9H2. The van der Waals surface area contributed by atoms with Gasteiger partial charge in [-0.05, 0) is 22.8 Å². The third-order valence-electron chi connectivity index (χ3n) is 2.80. The van der Waals surface area contributed by atoms with Crippen LogP contribution >= 0.6 is 0 Å². The van der Waals surface area contributed by atoms with Crippen LogP contribution in [-0.2, 0) is 13.2 Å². The van der Waals surface area contributed by atoms with Crippen molar-refractivity contribution < 1.29 is 15.3 Å². The molecule has 3 nitrogen and oxygen atoms in total. The maximum Gasteiger partial charge on any atom is 0.123 e. The molecule has 2 aromatic rings. The topological polar surface area (TPSA) is 60.7 Å². The van der Waals surface area contributed by atoms with E-state index in [-0.39, 0.29) is 19.0 Å². The van der Waals surface area contributed by atoms with Gasteiger partial charge in [-0.1, -0.05) is 36.4 Å². The zero-order valence-electron chi connectivity index (χ0n) is 9.30. The number of para-hydroxylation sites is 1. The smallest absolute Gasteiger partial charge is 0.123 e. The Morgan fingerprint density at radius 3 is 2.12 bits per heavy atom. The Kier molecular flexibility index (Phi) is 3.42. The van der Waals surface area contributed by atoms with Crippen molar-refractivity contribution in [2.75, 3.05) is 0 Å². The summed E-state index contributed by atoms with van der Waals surface area (Å²) in [6.07, 6.45) is 0. The molecule has 2 aromatic carbocycles. The summed E-state index contributed by atoms with van der Waals surface area (Å²) in [6.45, 7) is -0.294. The van der Waals surface area contributed by atoms with Crippen LogP contribution in [0.5, 0.6) is 5.75 Å². The molecule has 0 aromatic heterocycles. The number of hydrogen-bond acceptors (Lipinski definition) is 3. The third-order valence-corrected chi connectivity index (χ3v) is 2.80. The van der Waals surface area contributed by atoms with E-state index in [9.17, 15) is 15.3 Å². The summed E-state index contributed by atoms with van der Waals surface area (Å²) in [5.41, 5.74) is 2.73. The van der Waals surface area contributed by atoms with Crippen molar-refractivity contribution in [1.82, 2.24) is 0 Å². The van der Waals surface area contributed by atoms with Crippen LogP contribution in [0.25, 0.3) is 11.1 Å². The molecule has 0 heterocycles. The van der Waals surface area contributed by atoms with Crippen LogP contribution < -0.4 is 0 Å². The summed E-state index contributed by atoms with van der Waals surface area (Å²) in [4.78, 5) is 0. The molecule has 3 N–H and O–H groups in total. The van der Waals surface area contributed by atoms with Crippen molar-refractivity contribution in [3.8, 4) is 16.9 Å². The van der Waals surface area contributed by atoms with Crippen molar-refractivity contribution in [2.45, 2.75) is 13.2 Å². The van der Waals surface area contributed by atoms with Gasteiger partial charge in [-0.25, -0.2) is 0 Å². The third kappa shape index (κ3) is 2.16. The second kappa shape index (κ2) is 4.99. The normalized spacial score (nSPS) is 10.5. The van der Waals surface area contributed by atoms with Gasteiger partial charge >= 0.3 is 0 Å². The first-order chi connectivity index (χ1) is 8.27. The van der Waals surface area contributed by atoms with Gasteiger partial charge in [0.1, 0.15) is 5.75 Å². The molecule has 0 aliphatic rings. The molecule has 3 heteroatoms. The van der Waals surface area contributed by atoms with Gasteiger partial charge in [-0.2, -0.15) is 0 Å². The van der Waals surface area contributed by atoms with E-state index in [1.165, 1.54) is 0 Å². The van der Waals surface area contributed by atoms with E-state index < -0.39 is 0 Å². The van der Waals surface area contributed by atoms with Gasteiger partial charge in [0.25, 0.3) is 0 Å². The number of aliphatic hydroxyl groups is 2. The molecule has 2 rings (SSSR count). The lowest BCUT2D eigenvalue weighted by molar-refractivity contribution is 0.260. The largest absolute Gasteiger partial charge is 0.507 e. The molecule has 0 spiro atoms. The Morgan fingerprint density at radius 2 is 1.47 bits per heavy atom. The Labute approximate surface area is 99.6 Å². The molecule has 0 fully saturated rings. The van der Waals surface area contributed by atoms with Gasteiger partial charge in [0.05, 0.1) is 13.2 Å². The van der Waals surface area contributed by atoms with Crippen LogP contribution in [0.3, 0.4) is 0 Å². The fraction of sp³-hybridized carbons (Fsp3) is 0.143. The fourth-order valence-electron chi connectivity index (χ4n) is 1.92. The number of aromatic hydroxyl groups is 1. The van der Waals surface area contributed by atoms with E-state index in [0.29, 0.717) is 16.7 Å². The highest BCUT2D eigenvalue weighted by atomic mass is 16.3. The summed E-state index contributed by atoms with van der Waals surface area (Å²) in [7, 11) is 0. The summed E-state index contributed by atoms with van der Waals surface area (Å²) >= 11 is 0. The predicted octanol–water partition coefficient (Wildman–Crippen LogP) is 2.04. The van der Waals surface area contributed by atoms with Gasteiger partial charge in [0.15, 0.2) is 0 Å². The van der Waals surface area contributed by atoms with Crippen LogP contribution in [0.15, 0.2) is 42.5 Å². The van der Waals surface area contributed by atoms with Crippen molar-refractivity contribution >= 4 is 0 Å². The highest BCUT2D eigenvalue weighted by Crippen LogP contribution is 2.32. The van der Waals surface area contributed by atoms with Crippen molar-refractivity contribution in [2.24, 2.45) is 0 Å². The first-order valence-corrected chi connectivity index (χ1v) is 5.38. The number of rotatable bonds is 3. The first-order valence-electron chi connectivity index (χ1n) is 5.38. The lowest BCUT2D eigenvalue weighted by Gasteiger charge is -2.12. The second-order valence-corrected chi connectivity index (χ2v) is 3.78. The summed E-state index contributed by atoms with van der Waals surface area (Å²) < 4.78 is 0. The minimum absolute atomic E-state index is 0.128. The molecule has 0 aliphatic carbocycles. The predicted molar refractivity (Wildman–Crippen MR) is 65.4 cm³/mol. The Hall–Kier alpha value is -1.84. The van der Waals surface area contributed by atoms with Crippen LogP contribution in [0.1, 0.15) is 11.1 Å². The highest BCUT2D eigenvalue weighted by molar-refractivity contribution is 5.73. The van der Waals surface area contributed by atoms with E-state index in [4.69, 9.17) is 0 Å². The average Bonchev–Trinajstić information content (AvgIpc) is 2.38. The molecule has 17 heavy (non-hydrogen) atoms. The Bertz CT molecular complexity index is 521. The molecule has 0 unspecified atom stereocenters. The Balaban J connectivity index is 2.63. The molecule has 0 amide bonds. The molecule has 0 saturated carbocycles. The van der Waals surface area contributed by atoms with Gasteiger partial charge in [-0.3, -0.25) is 0 Å². The minimum atomic E-state index is -0.166. The zero-order chi connectivity index (χ0) is 12.3. The number of benzene rings is 2. The zero-order valence-corrected chi connectivity index (χ0v) is 9.30. The fourth-order valence-corrected chi connectivity index (χ4v) is 1.92. The maximum absolute atomic E-state index is 9.80. The van der Waals surface area contributed by atoms with E-state index in [1.807, 2.05) is 12.1 Å².